The number of anilines is 1. The zero-order chi connectivity index (χ0) is 18.8. The highest BCUT2D eigenvalue weighted by Crippen LogP contribution is 2.27. The third-order valence-electron chi connectivity index (χ3n) is 5.03. The first-order chi connectivity index (χ1) is 12.4. The molecule has 1 aromatic carbocycles. The van der Waals surface area contributed by atoms with E-state index in [0.717, 1.165) is 17.6 Å². The summed E-state index contributed by atoms with van der Waals surface area (Å²) < 4.78 is 19.3. The second kappa shape index (κ2) is 7.32. The van der Waals surface area contributed by atoms with E-state index in [1.165, 1.54) is 0 Å². The number of piperidine rings is 1. The van der Waals surface area contributed by atoms with Gasteiger partial charge in [-0.2, -0.15) is 0 Å². The Hall–Kier alpha value is -2.63. The van der Waals surface area contributed by atoms with Crippen molar-refractivity contribution in [3.63, 3.8) is 0 Å². The molecule has 2 heterocycles. The predicted octanol–water partition coefficient (Wildman–Crippen LogP) is 4.70. The standard InChI is InChI=1S/C20H24FN3O2/c1-12-6-5-7-17(18(12)21)10-16-8-9-24(11-13(16)2)20(25)22-19-14(3)15(4)26-23-19/h5-7,10,13H,8-9,11H2,1-4H3,(H,22,23,25). The lowest BCUT2D eigenvalue weighted by atomic mass is 9.91. The molecule has 26 heavy (non-hydrogen) atoms. The van der Waals surface area contributed by atoms with Crippen molar-refractivity contribution in [1.29, 1.82) is 0 Å². The molecule has 5 nitrogen and oxygen atoms in total. The van der Waals surface area contributed by atoms with Crippen LogP contribution in [0.3, 0.4) is 0 Å². The molecule has 0 saturated carbocycles. The van der Waals surface area contributed by atoms with E-state index in [9.17, 15) is 9.18 Å². The Morgan fingerprint density at radius 2 is 2.15 bits per heavy atom. The van der Waals surface area contributed by atoms with Gasteiger partial charge >= 0.3 is 6.03 Å². The van der Waals surface area contributed by atoms with Crippen molar-refractivity contribution in [2.24, 2.45) is 5.92 Å². The maximum Gasteiger partial charge on any atom is 0.323 e. The molecule has 0 spiro atoms. The van der Waals surface area contributed by atoms with Crippen LogP contribution in [0.5, 0.6) is 0 Å². The lowest BCUT2D eigenvalue weighted by Gasteiger charge is -2.33. The van der Waals surface area contributed by atoms with Gasteiger partial charge in [0.1, 0.15) is 11.6 Å². The quantitative estimate of drug-likeness (QED) is 0.848. The van der Waals surface area contributed by atoms with Gasteiger partial charge in [-0.3, -0.25) is 5.32 Å². The van der Waals surface area contributed by atoms with E-state index in [-0.39, 0.29) is 17.8 Å². The lowest BCUT2D eigenvalue weighted by molar-refractivity contribution is 0.197. The van der Waals surface area contributed by atoms with Crippen LogP contribution in [0.2, 0.25) is 0 Å². The zero-order valence-electron chi connectivity index (χ0n) is 15.6. The Labute approximate surface area is 152 Å². The summed E-state index contributed by atoms with van der Waals surface area (Å²) in [6, 6.07) is 5.23. The molecular weight excluding hydrogens is 333 g/mol. The Balaban J connectivity index is 1.68. The molecule has 0 radical (unpaired) electrons. The Morgan fingerprint density at radius 3 is 2.81 bits per heavy atom. The highest BCUT2D eigenvalue weighted by atomic mass is 19.1. The van der Waals surface area contributed by atoms with Gasteiger partial charge in [-0.15, -0.1) is 0 Å². The minimum atomic E-state index is -0.186. The van der Waals surface area contributed by atoms with Crippen LogP contribution in [-0.2, 0) is 0 Å². The molecule has 1 saturated heterocycles. The van der Waals surface area contributed by atoms with E-state index in [4.69, 9.17) is 4.52 Å². The number of hydrogen-bond acceptors (Lipinski definition) is 3. The van der Waals surface area contributed by atoms with E-state index in [2.05, 4.69) is 17.4 Å². The average Bonchev–Trinajstić information content (AvgIpc) is 2.92. The van der Waals surface area contributed by atoms with Crippen LogP contribution in [0.1, 0.15) is 35.8 Å². The number of benzene rings is 1. The average molecular weight is 357 g/mol. The van der Waals surface area contributed by atoms with Crippen LogP contribution in [-0.4, -0.2) is 29.2 Å². The molecule has 1 aliphatic rings. The van der Waals surface area contributed by atoms with Crippen molar-refractivity contribution in [3.05, 3.63) is 52.0 Å². The lowest BCUT2D eigenvalue weighted by Crippen LogP contribution is -2.42. The van der Waals surface area contributed by atoms with Crippen molar-refractivity contribution in [1.82, 2.24) is 10.1 Å². The number of urea groups is 1. The molecule has 0 bridgehead atoms. The van der Waals surface area contributed by atoms with Crippen molar-refractivity contribution >= 4 is 17.9 Å². The van der Waals surface area contributed by atoms with Crippen LogP contribution >= 0.6 is 0 Å². The number of hydrogen-bond donors (Lipinski definition) is 1. The fraction of sp³-hybridized carbons (Fsp3) is 0.400. The van der Waals surface area contributed by atoms with Crippen LogP contribution in [0.4, 0.5) is 15.0 Å². The summed E-state index contributed by atoms with van der Waals surface area (Å²) in [7, 11) is 0. The Morgan fingerprint density at radius 1 is 1.38 bits per heavy atom. The fourth-order valence-electron chi connectivity index (χ4n) is 3.14. The van der Waals surface area contributed by atoms with Gasteiger partial charge in [-0.1, -0.05) is 41.9 Å². The van der Waals surface area contributed by atoms with Crippen LogP contribution in [0.15, 0.2) is 28.3 Å². The van der Waals surface area contributed by atoms with Crippen LogP contribution < -0.4 is 5.32 Å². The van der Waals surface area contributed by atoms with Crippen molar-refractivity contribution < 1.29 is 13.7 Å². The molecule has 2 amide bonds. The molecule has 1 N–H and O–H groups in total. The Kier molecular flexibility index (Phi) is 5.11. The molecule has 3 rings (SSSR count). The summed E-state index contributed by atoms with van der Waals surface area (Å²) in [5.41, 5.74) is 3.24. The monoisotopic (exact) mass is 357 g/mol. The van der Waals surface area contributed by atoms with E-state index in [0.29, 0.717) is 35.8 Å². The highest BCUT2D eigenvalue weighted by molar-refractivity contribution is 5.89. The van der Waals surface area contributed by atoms with Gasteiger partial charge in [0.05, 0.1) is 0 Å². The second-order valence-electron chi connectivity index (χ2n) is 6.94. The summed E-state index contributed by atoms with van der Waals surface area (Å²) in [5, 5.41) is 6.68. The van der Waals surface area contributed by atoms with Crippen LogP contribution in [0.25, 0.3) is 6.08 Å². The minimum absolute atomic E-state index is 0.162. The number of amides is 2. The van der Waals surface area contributed by atoms with E-state index < -0.39 is 0 Å². The van der Waals surface area contributed by atoms with Gasteiger partial charge in [0.2, 0.25) is 0 Å². The Bertz CT molecular complexity index is 857. The largest absolute Gasteiger partial charge is 0.359 e. The zero-order valence-corrected chi connectivity index (χ0v) is 15.6. The predicted molar refractivity (Wildman–Crippen MR) is 99.5 cm³/mol. The first-order valence-corrected chi connectivity index (χ1v) is 8.81. The van der Waals surface area contributed by atoms with E-state index in [1.807, 2.05) is 26.0 Å². The third-order valence-corrected chi connectivity index (χ3v) is 5.03. The molecule has 138 valence electrons. The molecule has 1 fully saturated rings. The molecule has 1 unspecified atom stereocenters. The van der Waals surface area contributed by atoms with E-state index in [1.54, 1.807) is 24.0 Å². The number of aryl methyl sites for hydroxylation is 2. The maximum atomic E-state index is 14.2. The second-order valence-corrected chi connectivity index (χ2v) is 6.94. The third kappa shape index (κ3) is 3.64. The fourth-order valence-corrected chi connectivity index (χ4v) is 3.14. The molecule has 1 aliphatic heterocycles. The van der Waals surface area contributed by atoms with Crippen LogP contribution in [0, 0.1) is 32.5 Å². The SMILES string of the molecule is Cc1cccc(C=C2CCN(C(=O)Nc3noc(C)c3C)CC2C)c1F. The minimum Gasteiger partial charge on any atom is -0.359 e. The number of rotatable bonds is 2. The molecular formula is C20H24FN3O2. The first-order valence-electron chi connectivity index (χ1n) is 8.81. The summed E-state index contributed by atoms with van der Waals surface area (Å²) in [4.78, 5) is 14.3. The van der Waals surface area contributed by atoms with Gasteiger partial charge in [-0.25, -0.2) is 9.18 Å². The molecule has 6 heteroatoms. The summed E-state index contributed by atoms with van der Waals surface area (Å²) in [6.07, 6.45) is 2.65. The number of nitrogens with zero attached hydrogens (tertiary/aromatic N) is 2. The topological polar surface area (TPSA) is 58.4 Å². The number of aromatic nitrogens is 1. The molecule has 1 aromatic heterocycles. The number of likely N-dealkylation sites (tertiary alicyclic amines) is 1. The van der Waals surface area contributed by atoms with Gasteiger partial charge in [0.25, 0.3) is 0 Å². The number of halogens is 1. The summed E-state index contributed by atoms with van der Waals surface area (Å²) in [6.45, 7) is 8.66. The number of carbonyl (C=O) groups is 1. The smallest absolute Gasteiger partial charge is 0.323 e. The number of nitrogens with one attached hydrogen (secondary N) is 1. The first kappa shape index (κ1) is 18.2. The van der Waals surface area contributed by atoms with Crippen molar-refractivity contribution in [2.45, 2.75) is 34.1 Å². The van der Waals surface area contributed by atoms with E-state index >= 15 is 0 Å². The molecule has 0 aliphatic carbocycles. The molecule has 1 atom stereocenters. The summed E-state index contributed by atoms with van der Waals surface area (Å²) >= 11 is 0. The van der Waals surface area contributed by atoms with Crippen molar-refractivity contribution in [2.75, 3.05) is 18.4 Å². The highest BCUT2D eigenvalue weighted by Gasteiger charge is 2.25. The maximum absolute atomic E-state index is 14.2. The van der Waals surface area contributed by atoms with Crippen molar-refractivity contribution in [3.8, 4) is 0 Å². The van der Waals surface area contributed by atoms with Gasteiger partial charge < -0.3 is 9.42 Å². The van der Waals surface area contributed by atoms with Gasteiger partial charge in [-0.05, 0) is 38.7 Å². The molecule has 2 aromatic rings. The normalized spacial score (nSPS) is 19.0. The van der Waals surface area contributed by atoms with Gasteiger partial charge in [0, 0.05) is 24.2 Å². The number of carbonyl (C=O) groups excluding carboxylic acids is 1. The van der Waals surface area contributed by atoms with Gasteiger partial charge in [0.15, 0.2) is 5.82 Å². The summed E-state index contributed by atoms with van der Waals surface area (Å²) in [5.74, 6) is 1.14.